The predicted molar refractivity (Wildman–Crippen MR) is 290 cm³/mol. The highest BCUT2D eigenvalue weighted by Crippen LogP contribution is 2.55. The fourth-order valence-electron chi connectivity index (χ4n) is 11.2. The van der Waals surface area contributed by atoms with Gasteiger partial charge in [-0.1, -0.05) is 238 Å². The van der Waals surface area contributed by atoms with Gasteiger partial charge in [0.2, 0.25) is 0 Å². The lowest BCUT2D eigenvalue weighted by Crippen LogP contribution is -2.14. The van der Waals surface area contributed by atoms with E-state index in [2.05, 4.69) is 257 Å². The van der Waals surface area contributed by atoms with Gasteiger partial charge in [-0.3, -0.25) is 0 Å². The van der Waals surface area contributed by atoms with Crippen molar-refractivity contribution in [1.29, 1.82) is 0 Å². The zero-order valence-electron chi connectivity index (χ0n) is 38.5. The second-order valence-corrected chi connectivity index (χ2v) is 18.8. The topological polar surface area (TPSA) is 25.8 Å². The van der Waals surface area contributed by atoms with Crippen molar-refractivity contribution in [2.45, 2.75) is 19.3 Å². The Hall–Kier alpha value is -8.72. The van der Waals surface area contributed by atoms with Crippen LogP contribution in [0.25, 0.3) is 122 Å². The molecule has 11 aromatic carbocycles. The van der Waals surface area contributed by atoms with Crippen LogP contribution < -0.4 is 0 Å². The van der Waals surface area contributed by atoms with Crippen LogP contribution in [0.4, 0.5) is 0 Å². The Morgan fingerprint density at radius 3 is 1.26 bits per heavy atom. The van der Waals surface area contributed by atoms with E-state index in [4.69, 9.17) is 9.97 Å². The molecule has 0 N–H and O–H groups in total. The maximum absolute atomic E-state index is 5.40. The Bertz CT molecular complexity index is 3800. The summed E-state index contributed by atoms with van der Waals surface area (Å²) in [7, 11) is 0. The fourth-order valence-corrected chi connectivity index (χ4v) is 11.2. The molecule has 1 aromatic heterocycles. The van der Waals surface area contributed by atoms with E-state index in [9.17, 15) is 0 Å². The molecule has 13 rings (SSSR count). The van der Waals surface area contributed by atoms with Crippen molar-refractivity contribution in [3.63, 3.8) is 0 Å². The normalized spacial score (nSPS) is 12.6. The first-order chi connectivity index (χ1) is 34.0. The van der Waals surface area contributed by atoms with Crippen molar-refractivity contribution in [1.82, 2.24) is 9.97 Å². The van der Waals surface area contributed by atoms with Crippen LogP contribution in [0.5, 0.6) is 0 Å². The van der Waals surface area contributed by atoms with E-state index < -0.39 is 0 Å². The second kappa shape index (κ2) is 16.3. The van der Waals surface area contributed by atoms with Gasteiger partial charge in [-0.2, -0.15) is 0 Å². The second-order valence-electron chi connectivity index (χ2n) is 18.8. The molecule has 324 valence electrons. The molecule has 12 aromatic rings. The molecular weight excluding hydrogens is 833 g/mol. The quantitative estimate of drug-likeness (QED) is 0.149. The van der Waals surface area contributed by atoms with Crippen LogP contribution in [0.1, 0.15) is 25.0 Å². The maximum Gasteiger partial charge on any atom is 0.160 e. The van der Waals surface area contributed by atoms with Crippen LogP contribution in [0.2, 0.25) is 0 Å². The molecule has 0 amide bonds. The van der Waals surface area contributed by atoms with Gasteiger partial charge in [0.15, 0.2) is 5.82 Å². The smallest absolute Gasteiger partial charge is 0.160 e. The van der Waals surface area contributed by atoms with E-state index in [-0.39, 0.29) is 5.41 Å². The van der Waals surface area contributed by atoms with Crippen molar-refractivity contribution in [2.24, 2.45) is 0 Å². The Morgan fingerprint density at radius 1 is 0.275 bits per heavy atom. The summed E-state index contributed by atoms with van der Waals surface area (Å²) in [6.45, 7) is 4.77. The largest absolute Gasteiger partial charge is 0.228 e. The zero-order chi connectivity index (χ0) is 46.1. The van der Waals surface area contributed by atoms with Crippen molar-refractivity contribution < 1.29 is 0 Å². The minimum atomic E-state index is -0.140. The number of hydrogen-bond acceptors (Lipinski definition) is 2. The van der Waals surface area contributed by atoms with Crippen molar-refractivity contribution in [3.05, 3.63) is 254 Å². The summed E-state index contributed by atoms with van der Waals surface area (Å²) in [6, 6.07) is 87.9. The highest BCUT2D eigenvalue weighted by Gasteiger charge is 2.37. The van der Waals surface area contributed by atoms with Gasteiger partial charge in [0.25, 0.3) is 0 Å². The Morgan fingerprint density at radius 2 is 0.710 bits per heavy atom. The van der Waals surface area contributed by atoms with Gasteiger partial charge in [-0.15, -0.1) is 0 Å². The van der Waals surface area contributed by atoms with Crippen LogP contribution in [-0.4, -0.2) is 9.97 Å². The number of rotatable bonds is 7. The molecule has 0 saturated heterocycles. The zero-order valence-corrected chi connectivity index (χ0v) is 38.5. The van der Waals surface area contributed by atoms with E-state index in [1.807, 2.05) is 0 Å². The van der Waals surface area contributed by atoms with Gasteiger partial charge in [-0.25, -0.2) is 9.97 Å². The van der Waals surface area contributed by atoms with Crippen LogP contribution >= 0.6 is 0 Å². The first-order valence-electron chi connectivity index (χ1n) is 23.9. The Balaban J connectivity index is 0.983. The number of hydrogen-bond donors (Lipinski definition) is 0. The lowest BCUT2D eigenvalue weighted by atomic mass is 9.80. The monoisotopic (exact) mass is 878 g/mol. The third-order valence-electron chi connectivity index (χ3n) is 14.5. The van der Waals surface area contributed by atoms with Gasteiger partial charge >= 0.3 is 0 Å². The molecule has 0 aliphatic heterocycles. The fraction of sp³-hybridized carbons (Fsp3) is 0.0448. The maximum atomic E-state index is 5.40. The first-order valence-corrected chi connectivity index (χ1v) is 23.9. The Labute approximate surface area is 402 Å². The first kappa shape index (κ1) is 40.5. The van der Waals surface area contributed by atoms with Crippen molar-refractivity contribution >= 4 is 32.3 Å². The molecule has 0 spiro atoms. The molecular formula is C67H46N2. The standard InChI is InChI=1S/C67H46N2/c1-67(2)59-35-19-34-57(65(59)58-40-47-24-9-10-25-48(47)41-60(58)67)64-55-32-17-15-30-53(55)63(54-31-16-18-33-56(54)64)45-36-38-46(39-37-45)66-68-61(51-28-13-11-26-49(51)43-20-5-3-6-21-43)42-62(69-66)52-29-14-12-27-50(52)44-22-7-4-8-23-44/h3-42H,1-2H3. The minimum Gasteiger partial charge on any atom is -0.228 e. The van der Waals surface area contributed by atoms with Gasteiger partial charge < -0.3 is 0 Å². The number of fused-ring (bicyclic) bond motifs is 6. The summed E-state index contributed by atoms with van der Waals surface area (Å²) >= 11 is 0. The van der Waals surface area contributed by atoms with Gasteiger partial charge in [0.1, 0.15) is 0 Å². The average Bonchev–Trinajstić information content (AvgIpc) is 3.64. The summed E-state index contributed by atoms with van der Waals surface area (Å²) in [5, 5.41) is 7.49. The molecule has 0 fully saturated rings. The number of benzene rings is 11. The summed E-state index contributed by atoms with van der Waals surface area (Å²) < 4.78 is 0. The highest BCUT2D eigenvalue weighted by atomic mass is 14.9. The summed E-state index contributed by atoms with van der Waals surface area (Å²) in [5.41, 5.74) is 19.6. The number of aromatic nitrogens is 2. The summed E-state index contributed by atoms with van der Waals surface area (Å²) in [5.74, 6) is 0.679. The lowest BCUT2D eigenvalue weighted by Gasteiger charge is -2.23. The molecule has 0 atom stereocenters. The van der Waals surface area contributed by atoms with Crippen LogP contribution in [-0.2, 0) is 5.41 Å². The SMILES string of the molecule is CC1(C)c2cc3ccccc3cc2-c2c(-c3c4ccccc4c(-c4ccc(-c5nc(-c6ccccc6-c6ccccc6)cc(-c6ccccc6-c6ccccc6)n5)cc4)c4ccccc34)cccc21. The van der Waals surface area contributed by atoms with Crippen LogP contribution in [0.15, 0.2) is 243 Å². The van der Waals surface area contributed by atoms with Crippen LogP contribution in [0.3, 0.4) is 0 Å². The van der Waals surface area contributed by atoms with Gasteiger partial charge in [-0.05, 0) is 117 Å². The molecule has 2 heteroatoms. The molecule has 1 heterocycles. The van der Waals surface area contributed by atoms with Gasteiger partial charge in [0.05, 0.1) is 11.4 Å². The Kier molecular flexibility index (Phi) is 9.55. The highest BCUT2D eigenvalue weighted by molar-refractivity contribution is 6.23. The summed E-state index contributed by atoms with van der Waals surface area (Å²) in [6.07, 6.45) is 0. The van der Waals surface area contributed by atoms with Crippen molar-refractivity contribution in [2.75, 3.05) is 0 Å². The molecule has 0 radical (unpaired) electrons. The number of nitrogens with zero attached hydrogens (tertiary/aromatic N) is 2. The van der Waals surface area contributed by atoms with Crippen molar-refractivity contribution in [3.8, 4) is 89.5 Å². The molecule has 1 aliphatic rings. The minimum absolute atomic E-state index is 0.140. The van der Waals surface area contributed by atoms with E-state index in [1.165, 1.54) is 71.3 Å². The summed E-state index contributed by atoms with van der Waals surface area (Å²) in [4.78, 5) is 10.8. The average molecular weight is 879 g/mol. The molecule has 0 bridgehead atoms. The third-order valence-corrected chi connectivity index (χ3v) is 14.5. The third kappa shape index (κ3) is 6.71. The van der Waals surface area contributed by atoms with E-state index in [0.717, 1.165) is 55.9 Å². The molecule has 0 saturated carbocycles. The molecule has 1 aliphatic carbocycles. The predicted octanol–water partition coefficient (Wildman–Crippen LogP) is 17.9. The van der Waals surface area contributed by atoms with E-state index in [1.54, 1.807) is 0 Å². The van der Waals surface area contributed by atoms with E-state index >= 15 is 0 Å². The molecule has 69 heavy (non-hydrogen) atoms. The van der Waals surface area contributed by atoms with E-state index in [0.29, 0.717) is 5.82 Å². The lowest BCUT2D eigenvalue weighted by molar-refractivity contribution is 0.661. The van der Waals surface area contributed by atoms with Gasteiger partial charge in [0, 0.05) is 22.1 Å². The molecule has 0 unspecified atom stereocenters. The van der Waals surface area contributed by atoms with Crippen LogP contribution in [0, 0.1) is 0 Å². The molecule has 2 nitrogen and oxygen atoms in total.